The number of aliphatic hydroxyl groups is 1. The predicted octanol–water partition coefficient (Wildman–Crippen LogP) is 9.12. The topological polar surface area (TPSA) is 82.0 Å². The Hall–Kier alpha value is -3.55. The third-order valence-corrected chi connectivity index (χ3v) is 9.85. The summed E-state index contributed by atoms with van der Waals surface area (Å²) in [7, 11) is 3.57. The second kappa shape index (κ2) is 18.9. The lowest BCUT2D eigenvalue weighted by Gasteiger charge is -2.17. The normalized spacial score (nSPS) is 14.4. The smallest absolute Gasteiger partial charge is 0.387 e. The van der Waals surface area contributed by atoms with Crippen LogP contribution in [0.2, 0.25) is 20.1 Å². The van der Waals surface area contributed by atoms with E-state index in [1.165, 1.54) is 36.4 Å². The maximum atomic E-state index is 12.7. The van der Waals surface area contributed by atoms with E-state index in [1.54, 1.807) is 48.0 Å². The Morgan fingerprint density at radius 3 is 1.61 bits per heavy atom. The van der Waals surface area contributed by atoms with Gasteiger partial charge in [0.05, 0.1) is 19.3 Å². The number of pyridine rings is 2. The van der Waals surface area contributed by atoms with Crippen LogP contribution in [0.1, 0.15) is 58.8 Å². The Bertz CT molecular complexity index is 1900. The summed E-state index contributed by atoms with van der Waals surface area (Å²) in [6, 6.07) is 8.59. The molecule has 0 bridgehead atoms. The van der Waals surface area contributed by atoms with Gasteiger partial charge in [-0.2, -0.15) is 17.6 Å². The second-order valence-corrected chi connectivity index (χ2v) is 14.8. The Morgan fingerprint density at radius 2 is 1.15 bits per heavy atom. The molecule has 16 heteroatoms. The van der Waals surface area contributed by atoms with Crippen LogP contribution in [-0.2, 0) is 26.9 Å². The van der Waals surface area contributed by atoms with Crippen LogP contribution in [-0.4, -0.2) is 37.3 Å². The van der Waals surface area contributed by atoms with E-state index >= 15 is 0 Å². The van der Waals surface area contributed by atoms with E-state index in [4.69, 9.17) is 55.9 Å². The Morgan fingerprint density at radius 1 is 0.704 bits per heavy atom. The zero-order valence-corrected chi connectivity index (χ0v) is 32.2. The van der Waals surface area contributed by atoms with Gasteiger partial charge in [0.1, 0.15) is 34.2 Å². The van der Waals surface area contributed by atoms with Crippen molar-refractivity contribution in [2.75, 3.05) is 13.2 Å². The lowest BCUT2D eigenvalue weighted by Crippen LogP contribution is -2.27. The van der Waals surface area contributed by atoms with Gasteiger partial charge >= 0.3 is 13.2 Å². The summed E-state index contributed by atoms with van der Waals surface area (Å²) in [5.41, 5.74) is 1.93. The first-order chi connectivity index (χ1) is 25.7. The number of aliphatic hydroxyl groups excluding tert-OH is 1. The van der Waals surface area contributed by atoms with Crippen LogP contribution in [0.5, 0.6) is 23.0 Å². The molecular weight excluding hydrogens is 798 g/mol. The van der Waals surface area contributed by atoms with Crippen molar-refractivity contribution >= 4 is 52.2 Å². The molecule has 2 saturated carbocycles. The minimum Gasteiger partial charge on any atom is -0.489 e. The van der Waals surface area contributed by atoms with E-state index < -0.39 is 19.3 Å². The number of carbonyl (C=O) groups excluding carboxylic acids is 1. The number of alkyl halides is 4. The first kappa shape index (κ1) is 41.6. The van der Waals surface area contributed by atoms with Crippen LogP contribution < -0.4 is 28.1 Å². The number of hydrogen-bond acceptors (Lipinski definition) is 6. The summed E-state index contributed by atoms with van der Waals surface area (Å²) in [6.07, 6.45) is 10.1. The summed E-state index contributed by atoms with van der Waals surface area (Å²) in [4.78, 5) is 12.7. The Kier molecular flexibility index (Phi) is 14.5. The van der Waals surface area contributed by atoms with E-state index in [-0.39, 0.29) is 41.6 Å². The number of carbonyl (C=O) groups is 1. The van der Waals surface area contributed by atoms with Crippen molar-refractivity contribution in [1.29, 1.82) is 0 Å². The number of aromatic nitrogens is 2. The monoisotopic (exact) mass is 834 g/mol. The third-order valence-electron chi connectivity index (χ3n) is 8.55. The molecule has 0 radical (unpaired) electrons. The number of ether oxygens (including phenoxy) is 4. The van der Waals surface area contributed by atoms with E-state index in [0.29, 0.717) is 67.4 Å². The molecule has 6 rings (SSSR count). The van der Waals surface area contributed by atoms with Crippen molar-refractivity contribution in [2.24, 2.45) is 25.9 Å². The molecule has 0 aliphatic heterocycles. The predicted molar refractivity (Wildman–Crippen MR) is 195 cm³/mol. The number of Topliss-reactive ketones (excluding diaryl/α,β-unsaturated/α-hetero) is 1. The van der Waals surface area contributed by atoms with Gasteiger partial charge < -0.3 is 24.1 Å². The Labute approximate surface area is 330 Å². The lowest BCUT2D eigenvalue weighted by atomic mass is 10.0. The number of aryl methyl sites for hydroxylation is 2. The number of hydrogen-bond donors (Lipinski definition) is 1. The van der Waals surface area contributed by atoms with E-state index in [9.17, 15) is 27.5 Å². The summed E-state index contributed by atoms with van der Waals surface area (Å²) in [5, 5.41) is 12.2. The fraction of sp³-hybridized carbons (Fsp3) is 0.395. The molecule has 4 aromatic rings. The second-order valence-electron chi connectivity index (χ2n) is 13.1. The molecule has 0 spiro atoms. The van der Waals surface area contributed by atoms with Gasteiger partial charge in [-0.3, -0.25) is 4.79 Å². The maximum absolute atomic E-state index is 12.7. The molecule has 0 unspecified atom stereocenters. The number of halogens is 8. The van der Waals surface area contributed by atoms with Gasteiger partial charge in [-0.05, 0) is 73.4 Å². The molecule has 2 aromatic heterocycles. The molecule has 1 atom stereocenters. The van der Waals surface area contributed by atoms with Crippen molar-refractivity contribution in [1.82, 2.24) is 0 Å². The summed E-state index contributed by atoms with van der Waals surface area (Å²) >= 11 is 24.8. The first-order valence-corrected chi connectivity index (χ1v) is 18.5. The number of rotatable bonds is 16. The highest BCUT2D eigenvalue weighted by molar-refractivity contribution is 6.36. The van der Waals surface area contributed by atoms with Crippen LogP contribution >= 0.6 is 46.4 Å². The average molecular weight is 837 g/mol. The van der Waals surface area contributed by atoms with Gasteiger partial charge in [-0.15, -0.1) is 0 Å². The van der Waals surface area contributed by atoms with E-state index in [1.807, 2.05) is 0 Å². The van der Waals surface area contributed by atoms with Crippen LogP contribution in [0.25, 0.3) is 0 Å². The summed E-state index contributed by atoms with van der Waals surface area (Å²) in [6.45, 7) is -5.08. The van der Waals surface area contributed by atoms with Gasteiger partial charge in [-0.25, -0.2) is 9.13 Å². The molecule has 1 N–H and O–H groups in total. The highest BCUT2D eigenvalue weighted by atomic mass is 35.5. The van der Waals surface area contributed by atoms with Crippen molar-refractivity contribution < 1.29 is 55.5 Å². The quantitative estimate of drug-likeness (QED) is 0.0690. The zero-order valence-electron chi connectivity index (χ0n) is 29.2. The third kappa shape index (κ3) is 12.2. The van der Waals surface area contributed by atoms with Crippen molar-refractivity contribution in [3.8, 4) is 23.0 Å². The minimum absolute atomic E-state index is 0.0182. The molecule has 290 valence electrons. The number of ketones is 1. The molecular formula is C38H38Cl4F4N2O6+2. The molecule has 2 aromatic carbocycles. The number of benzene rings is 2. The van der Waals surface area contributed by atoms with Gasteiger partial charge in [0, 0.05) is 29.5 Å². The molecule has 2 aliphatic rings. The van der Waals surface area contributed by atoms with Crippen molar-refractivity contribution in [3.63, 3.8) is 0 Å². The van der Waals surface area contributed by atoms with E-state index in [2.05, 4.69) is 9.47 Å². The maximum Gasteiger partial charge on any atom is 0.387 e. The molecule has 2 aliphatic carbocycles. The van der Waals surface area contributed by atoms with Crippen LogP contribution in [0, 0.1) is 11.8 Å². The highest BCUT2D eigenvalue weighted by Gasteiger charge is 2.26. The van der Waals surface area contributed by atoms with Crippen LogP contribution in [0.15, 0.2) is 61.2 Å². The van der Waals surface area contributed by atoms with Gasteiger partial charge in [0.15, 0.2) is 53.6 Å². The Balaban J connectivity index is 0.000000208. The number of nitrogens with zero attached hydrogens (tertiary/aromatic N) is 2. The minimum atomic E-state index is -2.97. The summed E-state index contributed by atoms with van der Waals surface area (Å²) in [5.74, 6) is 0.786. The summed E-state index contributed by atoms with van der Waals surface area (Å²) < 4.78 is 74.1. The van der Waals surface area contributed by atoms with Gasteiger partial charge in [-0.1, -0.05) is 52.5 Å². The van der Waals surface area contributed by atoms with Gasteiger partial charge in [0.25, 0.3) is 0 Å². The van der Waals surface area contributed by atoms with Crippen molar-refractivity contribution in [3.05, 3.63) is 104 Å². The molecule has 8 nitrogen and oxygen atoms in total. The van der Waals surface area contributed by atoms with Crippen LogP contribution in [0.3, 0.4) is 0 Å². The molecule has 0 saturated heterocycles. The largest absolute Gasteiger partial charge is 0.489 e. The van der Waals surface area contributed by atoms with E-state index in [0.717, 1.165) is 25.7 Å². The molecule has 54 heavy (non-hydrogen) atoms. The average Bonchev–Trinajstić information content (AvgIpc) is 4.03. The molecule has 2 heterocycles. The fourth-order valence-corrected chi connectivity index (χ4v) is 6.68. The lowest BCUT2D eigenvalue weighted by molar-refractivity contribution is -0.671. The molecule has 0 amide bonds. The SMILES string of the molecule is C[n+]1cc(Cl)c(CC(=O)c2ccc(OC(F)F)c(OCC3CC3)c2)c(Cl)c1.C[n+]1cc(Cl)c(C[C@H](O)c2ccc(OC(F)F)c(OCC3CC3)c2)c(Cl)c1. The van der Waals surface area contributed by atoms with Gasteiger partial charge in [0.2, 0.25) is 0 Å². The molecule has 2 fully saturated rings. The standard InChI is InChI=1S/C19H20Cl2F2NO3.C19H18Cl2F2NO3/c2*1-24-8-14(20)13(15(21)9-24)7-16(25)12-4-5-17(27-19(22)23)18(6-12)26-10-11-2-3-11/h4-6,8-9,11,16,19,25H,2-3,7,10H2,1H3;4-6,8-9,11,19H,2-3,7,10H2,1H3/q2*+1/t16-;/m0./s1. The van der Waals surface area contributed by atoms with Crippen LogP contribution in [0.4, 0.5) is 17.6 Å². The first-order valence-electron chi connectivity index (χ1n) is 17.0. The highest BCUT2D eigenvalue weighted by Crippen LogP contribution is 2.37. The zero-order chi connectivity index (χ0) is 39.1. The van der Waals surface area contributed by atoms with Crippen molar-refractivity contribution in [2.45, 2.75) is 57.9 Å². The fourth-order valence-electron chi connectivity index (χ4n) is 5.28.